The van der Waals surface area contributed by atoms with Gasteiger partial charge in [0.25, 0.3) is 11.6 Å². The van der Waals surface area contributed by atoms with Gasteiger partial charge in [0, 0.05) is 24.7 Å². The Morgan fingerprint density at radius 2 is 1.82 bits per heavy atom. The molecule has 0 atom stereocenters. The molecule has 142 valence electrons. The molecule has 4 N–H and O–H groups in total. The molecule has 1 heterocycles. The molecule has 0 saturated carbocycles. The van der Waals surface area contributed by atoms with Gasteiger partial charge in [0.1, 0.15) is 0 Å². The van der Waals surface area contributed by atoms with E-state index in [1.807, 2.05) is 0 Å². The van der Waals surface area contributed by atoms with Crippen LogP contribution >= 0.6 is 0 Å². The van der Waals surface area contributed by atoms with Gasteiger partial charge in [-0.05, 0) is 24.3 Å². The van der Waals surface area contributed by atoms with Gasteiger partial charge in [0.2, 0.25) is 0 Å². The van der Waals surface area contributed by atoms with Crippen LogP contribution in [0.2, 0.25) is 0 Å². The predicted molar refractivity (Wildman–Crippen MR) is 102 cm³/mol. The number of nitro benzene ring substituents is 1. The number of nitrogens with one attached hydrogen (secondary N) is 4. The lowest BCUT2D eigenvalue weighted by atomic mass is 10.2. The van der Waals surface area contributed by atoms with E-state index in [1.165, 1.54) is 31.2 Å². The van der Waals surface area contributed by atoms with E-state index in [0.29, 0.717) is 16.7 Å². The number of hydrogen-bond acceptors (Lipinski definition) is 7. The molecule has 2 aromatic carbocycles. The Balaban J connectivity index is 1.80. The quantitative estimate of drug-likeness (QED) is 0.220. The van der Waals surface area contributed by atoms with Crippen molar-refractivity contribution < 1.29 is 14.5 Å². The fourth-order valence-electron chi connectivity index (χ4n) is 2.40. The van der Waals surface area contributed by atoms with Crippen LogP contribution in [-0.2, 0) is 9.59 Å². The van der Waals surface area contributed by atoms with Crippen LogP contribution in [0.15, 0.2) is 52.4 Å². The first-order chi connectivity index (χ1) is 13.3. The lowest BCUT2D eigenvalue weighted by Crippen LogP contribution is -2.29. The number of rotatable bonds is 6. The van der Waals surface area contributed by atoms with Crippen molar-refractivity contribution >= 4 is 45.5 Å². The first-order valence-corrected chi connectivity index (χ1v) is 7.96. The lowest BCUT2D eigenvalue weighted by molar-refractivity contribution is -0.384. The first kappa shape index (κ1) is 18.5. The van der Waals surface area contributed by atoms with Crippen LogP contribution in [0.4, 0.5) is 17.1 Å². The molecule has 0 bridgehead atoms. The number of aromatic amines is 2. The van der Waals surface area contributed by atoms with Gasteiger partial charge in [0.05, 0.1) is 21.6 Å². The molecule has 0 aliphatic heterocycles. The van der Waals surface area contributed by atoms with Crippen molar-refractivity contribution in [3.63, 3.8) is 0 Å². The van der Waals surface area contributed by atoms with Crippen molar-refractivity contribution in [3.8, 4) is 0 Å². The van der Waals surface area contributed by atoms with E-state index in [1.54, 1.807) is 18.2 Å². The molecule has 11 heteroatoms. The van der Waals surface area contributed by atoms with Crippen molar-refractivity contribution in [1.29, 1.82) is 0 Å². The molecule has 0 aliphatic carbocycles. The highest BCUT2D eigenvalue weighted by Gasteiger charge is 2.18. The molecule has 0 fully saturated rings. The highest BCUT2D eigenvalue weighted by atomic mass is 16.6. The van der Waals surface area contributed by atoms with Gasteiger partial charge in [-0.2, -0.15) is 5.10 Å². The molecular weight excluding hydrogens is 368 g/mol. The molecule has 0 unspecified atom stereocenters. The second-order valence-electron chi connectivity index (χ2n) is 5.73. The van der Waals surface area contributed by atoms with E-state index in [-0.39, 0.29) is 17.1 Å². The molecule has 11 nitrogen and oxygen atoms in total. The van der Waals surface area contributed by atoms with E-state index in [2.05, 4.69) is 25.8 Å². The molecule has 0 radical (unpaired) electrons. The number of aromatic nitrogens is 2. The number of carbonyl (C=O) groups excluding carboxylic acids is 2. The summed E-state index contributed by atoms with van der Waals surface area (Å²) in [6.07, 6.45) is 0. The third kappa shape index (κ3) is 4.09. The fraction of sp³-hybridized carbons (Fsp3) is 0.0588. The minimum absolute atomic E-state index is 0.152. The summed E-state index contributed by atoms with van der Waals surface area (Å²) in [5.74, 6) is -1.43. The first-order valence-electron chi connectivity index (χ1n) is 7.96. The predicted octanol–water partition coefficient (Wildman–Crippen LogP) is 1.76. The summed E-state index contributed by atoms with van der Waals surface area (Å²) < 4.78 is 0. The highest BCUT2D eigenvalue weighted by molar-refractivity contribution is 6.67. The smallest absolute Gasteiger partial charge is 0.320 e. The van der Waals surface area contributed by atoms with E-state index >= 15 is 0 Å². The van der Waals surface area contributed by atoms with Gasteiger partial charge in [-0.25, -0.2) is 4.79 Å². The summed E-state index contributed by atoms with van der Waals surface area (Å²) in [5, 5.41) is 17.0. The van der Waals surface area contributed by atoms with Gasteiger partial charge in [-0.15, -0.1) is 0 Å². The van der Waals surface area contributed by atoms with Gasteiger partial charge in [0.15, 0.2) is 11.5 Å². The average molecular weight is 382 g/mol. The Morgan fingerprint density at radius 1 is 1.07 bits per heavy atom. The molecule has 0 saturated heterocycles. The van der Waals surface area contributed by atoms with Crippen LogP contribution in [0.1, 0.15) is 6.92 Å². The minimum atomic E-state index is -0.823. The zero-order chi connectivity index (χ0) is 20.3. The number of Topliss-reactive ketones (excluding diaryl/α,β-unsaturated/α-hetero) is 1. The number of nitro groups is 1. The normalized spacial score (nSPS) is 11.2. The highest BCUT2D eigenvalue weighted by Crippen LogP contribution is 2.17. The third-order valence-corrected chi connectivity index (χ3v) is 3.68. The maximum absolute atomic E-state index is 12.3. The number of non-ortho nitro benzene ring substituents is 1. The Kier molecular flexibility index (Phi) is 4.98. The molecular formula is C17H14N6O5. The standard InChI is InChI=1S/C17H14N6O5/c1-9(24)15(16(25)18-10-3-2-4-12(7-10)23(27)28)22-21-11-5-6-13-14(8-11)20-17(26)19-13/h2-8,21H,1H3,(H,18,25)(H2,19,20,26)/b22-15-. The maximum atomic E-state index is 12.3. The number of benzene rings is 2. The van der Waals surface area contributed by atoms with Gasteiger partial charge in [-0.3, -0.25) is 25.1 Å². The zero-order valence-electron chi connectivity index (χ0n) is 14.5. The molecule has 28 heavy (non-hydrogen) atoms. The van der Waals surface area contributed by atoms with Crippen molar-refractivity contribution in [1.82, 2.24) is 9.97 Å². The topological polar surface area (TPSA) is 162 Å². The van der Waals surface area contributed by atoms with Crippen molar-refractivity contribution in [2.45, 2.75) is 6.92 Å². The van der Waals surface area contributed by atoms with Crippen LogP contribution in [0, 0.1) is 10.1 Å². The number of H-pyrrole nitrogens is 2. The van der Waals surface area contributed by atoms with Crippen molar-refractivity contribution in [2.24, 2.45) is 5.10 Å². The Morgan fingerprint density at radius 3 is 2.54 bits per heavy atom. The summed E-state index contributed by atoms with van der Waals surface area (Å²) >= 11 is 0. The number of carbonyl (C=O) groups is 2. The third-order valence-electron chi connectivity index (χ3n) is 3.68. The van der Waals surface area contributed by atoms with Crippen LogP contribution in [0.25, 0.3) is 11.0 Å². The molecule has 1 aromatic heterocycles. The molecule has 0 aliphatic rings. The molecule has 0 spiro atoms. The number of fused-ring (bicyclic) bond motifs is 1. The Hall–Kier alpha value is -4.28. The van der Waals surface area contributed by atoms with Gasteiger partial charge in [-0.1, -0.05) is 6.07 Å². The summed E-state index contributed by atoms with van der Waals surface area (Å²) in [5.41, 5.74) is 3.30. The number of anilines is 2. The second kappa shape index (κ2) is 7.53. The summed E-state index contributed by atoms with van der Waals surface area (Å²) in [4.78, 5) is 50.8. The molecule has 3 aromatic rings. The molecule has 1 amide bonds. The van der Waals surface area contributed by atoms with E-state index in [0.717, 1.165) is 0 Å². The maximum Gasteiger partial charge on any atom is 0.323 e. The number of amides is 1. The minimum Gasteiger partial charge on any atom is -0.320 e. The number of nitrogens with zero attached hydrogens (tertiary/aromatic N) is 2. The second-order valence-corrected chi connectivity index (χ2v) is 5.73. The number of imidazole rings is 1. The summed E-state index contributed by atoms with van der Waals surface area (Å²) in [7, 11) is 0. The lowest BCUT2D eigenvalue weighted by Gasteiger charge is -2.07. The van der Waals surface area contributed by atoms with Crippen LogP contribution in [0.3, 0.4) is 0 Å². The Labute approximate surface area is 156 Å². The SMILES string of the molecule is CC(=O)/C(=N/Nc1ccc2[nH]c(=O)[nH]c2c1)C(=O)Nc1cccc([N+](=O)[O-])c1. The monoisotopic (exact) mass is 382 g/mol. The zero-order valence-corrected chi connectivity index (χ0v) is 14.5. The number of hydrazone groups is 1. The summed E-state index contributed by atoms with van der Waals surface area (Å²) in [6.45, 7) is 1.17. The van der Waals surface area contributed by atoms with Crippen molar-refractivity contribution in [2.75, 3.05) is 10.7 Å². The largest absolute Gasteiger partial charge is 0.323 e. The van der Waals surface area contributed by atoms with E-state index in [4.69, 9.17) is 0 Å². The van der Waals surface area contributed by atoms with Crippen LogP contribution in [-0.4, -0.2) is 32.3 Å². The fourth-order valence-corrected chi connectivity index (χ4v) is 2.40. The average Bonchev–Trinajstić information content (AvgIpc) is 3.01. The van der Waals surface area contributed by atoms with Crippen LogP contribution < -0.4 is 16.4 Å². The molecule has 3 rings (SSSR count). The number of ketones is 1. The van der Waals surface area contributed by atoms with E-state index in [9.17, 15) is 24.5 Å². The van der Waals surface area contributed by atoms with E-state index < -0.39 is 22.3 Å². The van der Waals surface area contributed by atoms with Crippen molar-refractivity contribution in [3.05, 3.63) is 63.1 Å². The van der Waals surface area contributed by atoms with Gasteiger partial charge < -0.3 is 15.3 Å². The van der Waals surface area contributed by atoms with Gasteiger partial charge >= 0.3 is 5.69 Å². The van der Waals surface area contributed by atoms with Crippen LogP contribution in [0.5, 0.6) is 0 Å². The summed E-state index contributed by atoms with van der Waals surface area (Å²) in [6, 6.07) is 10.1. The Bertz CT molecular complexity index is 1180. The number of hydrogen-bond donors (Lipinski definition) is 4.